The normalized spacial score (nSPS) is 20.0. The zero-order valence-electron chi connectivity index (χ0n) is 28.7. The number of hydrogen-bond donors (Lipinski definition) is 0. The Morgan fingerprint density at radius 1 is 0.740 bits per heavy atom. The summed E-state index contributed by atoms with van der Waals surface area (Å²) in [6.45, 7) is 6.66. The number of carbonyl (C=O) groups excluding carboxylic acids is 4. The molecule has 1 aliphatic rings. The molecular weight excluding hydrogens is 656 g/mol. The summed E-state index contributed by atoms with van der Waals surface area (Å²) in [4.78, 5) is 61.4. The maximum absolute atomic E-state index is 13.3. The van der Waals surface area contributed by atoms with Crippen LogP contribution in [-0.2, 0) is 49.5 Å². The predicted molar refractivity (Wildman–Crippen MR) is 175 cm³/mol. The Kier molecular flexibility index (Phi) is 13.6. The van der Waals surface area contributed by atoms with Crippen LogP contribution < -0.4 is 19.8 Å². The standard InChI is InChI=1S/C36H42O14/c1-6-7-8-12-17-42-33-30(44-19-25-13-10-9-11-14-25)27-16-15-26(18-28(27)49-35(33)41)48-36-34(47-24(5)40)32(46-23(4)39)31(45-22(3)38)29(50-36)20-43-21(2)37/h9-11,13-16,18,29,31-32,34,36H,6-8,12,17,19-20H2,1-5H3/t29-,31-,32+,34+,36+/m1/s1. The van der Waals surface area contributed by atoms with E-state index >= 15 is 0 Å². The van der Waals surface area contributed by atoms with Gasteiger partial charge in [0.05, 0.1) is 12.0 Å². The molecule has 14 heteroatoms. The molecule has 2 heterocycles. The van der Waals surface area contributed by atoms with Crippen LogP contribution >= 0.6 is 0 Å². The second-order valence-electron chi connectivity index (χ2n) is 11.6. The first-order valence-corrected chi connectivity index (χ1v) is 16.3. The summed E-state index contributed by atoms with van der Waals surface area (Å²) in [6.07, 6.45) is -3.16. The average Bonchev–Trinajstić information content (AvgIpc) is 3.05. The molecule has 4 rings (SSSR count). The summed E-state index contributed by atoms with van der Waals surface area (Å²) >= 11 is 0. The molecule has 0 radical (unpaired) electrons. The van der Waals surface area contributed by atoms with E-state index in [1.807, 2.05) is 30.3 Å². The van der Waals surface area contributed by atoms with Crippen molar-refractivity contribution in [1.29, 1.82) is 0 Å². The Morgan fingerprint density at radius 2 is 1.42 bits per heavy atom. The lowest BCUT2D eigenvalue weighted by Gasteiger charge is -2.43. The first-order valence-electron chi connectivity index (χ1n) is 16.3. The molecule has 1 aromatic heterocycles. The molecule has 0 spiro atoms. The van der Waals surface area contributed by atoms with Crippen LogP contribution in [0.1, 0.15) is 65.9 Å². The number of hydrogen-bond acceptors (Lipinski definition) is 14. The van der Waals surface area contributed by atoms with Crippen molar-refractivity contribution >= 4 is 34.8 Å². The Labute approximate surface area is 288 Å². The molecule has 0 saturated carbocycles. The van der Waals surface area contributed by atoms with Crippen LogP contribution in [0.15, 0.2) is 57.7 Å². The van der Waals surface area contributed by atoms with Crippen molar-refractivity contribution in [3.63, 3.8) is 0 Å². The molecule has 0 amide bonds. The molecule has 0 unspecified atom stereocenters. The van der Waals surface area contributed by atoms with Gasteiger partial charge in [-0.05, 0) is 24.1 Å². The average molecular weight is 699 g/mol. The number of carbonyl (C=O) groups is 4. The minimum atomic E-state index is -1.49. The highest BCUT2D eigenvalue weighted by atomic mass is 16.7. The second-order valence-corrected chi connectivity index (χ2v) is 11.6. The highest BCUT2D eigenvalue weighted by Gasteiger charge is 2.53. The van der Waals surface area contributed by atoms with Gasteiger partial charge in [0, 0.05) is 33.8 Å². The van der Waals surface area contributed by atoms with Crippen molar-refractivity contribution in [1.82, 2.24) is 0 Å². The van der Waals surface area contributed by atoms with E-state index in [1.54, 1.807) is 6.07 Å². The van der Waals surface area contributed by atoms with Gasteiger partial charge in [-0.25, -0.2) is 4.79 Å². The van der Waals surface area contributed by atoms with Gasteiger partial charge in [-0.15, -0.1) is 0 Å². The molecule has 0 aliphatic carbocycles. The Bertz CT molecular complexity index is 1680. The third-order valence-corrected chi connectivity index (χ3v) is 7.46. The Morgan fingerprint density at radius 3 is 2.08 bits per heavy atom. The summed E-state index contributed by atoms with van der Waals surface area (Å²) in [5, 5.41) is 0.415. The lowest BCUT2D eigenvalue weighted by molar-refractivity contribution is -0.288. The molecule has 1 saturated heterocycles. The first kappa shape index (κ1) is 37.7. The minimum Gasteiger partial charge on any atom is -0.484 e. The molecule has 0 N–H and O–H groups in total. The molecule has 1 aliphatic heterocycles. The molecule has 50 heavy (non-hydrogen) atoms. The topological polar surface area (TPSA) is 172 Å². The van der Waals surface area contributed by atoms with Gasteiger partial charge in [-0.2, -0.15) is 0 Å². The van der Waals surface area contributed by atoms with Crippen LogP contribution in [0.5, 0.6) is 17.2 Å². The van der Waals surface area contributed by atoms with Crippen molar-refractivity contribution in [2.24, 2.45) is 0 Å². The van der Waals surface area contributed by atoms with E-state index in [0.29, 0.717) is 12.0 Å². The van der Waals surface area contributed by atoms with Crippen LogP contribution in [0.4, 0.5) is 0 Å². The highest BCUT2D eigenvalue weighted by molar-refractivity contribution is 5.86. The number of unbranched alkanes of at least 4 members (excludes halogenated alkanes) is 3. The predicted octanol–water partition coefficient (Wildman–Crippen LogP) is 4.79. The Balaban J connectivity index is 1.71. The molecule has 14 nitrogen and oxygen atoms in total. The number of esters is 4. The fourth-order valence-electron chi connectivity index (χ4n) is 5.33. The van der Waals surface area contributed by atoms with E-state index in [0.717, 1.165) is 52.0 Å². The SMILES string of the molecule is CCCCCCOc1c(OCc2ccccc2)c2ccc(O[C@H]3O[C@H](COC(C)=O)[C@@H](OC(C)=O)[C@H](OC(C)=O)[C@@H]3OC(C)=O)cc2oc1=O. The summed E-state index contributed by atoms with van der Waals surface area (Å²) in [7, 11) is 0. The molecule has 3 aromatic rings. The molecule has 5 atom stereocenters. The molecular formula is C36H42O14. The molecule has 270 valence electrons. The van der Waals surface area contributed by atoms with Crippen molar-refractivity contribution in [3.8, 4) is 17.2 Å². The van der Waals surface area contributed by atoms with Gasteiger partial charge in [-0.1, -0.05) is 56.5 Å². The van der Waals surface area contributed by atoms with Crippen LogP contribution in [0, 0.1) is 0 Å². The van der Waals surface area contributed by atoms with Crippen molar-refractivity contribution in [3.05, 3.63) is 64.5 Å². The van der Waals surface area contributed by atoms with E-state index < -0.39 is 66.8 Å². The zero-order chi connectivity index (χ0) is 36.2. The maximum atomic E-state index is 13.3. The van der Waals surface area contributed by atoms with Gasteiger partial charge in [0.1, 0.15) is 30.7 Å². The van der Waals surface area contributed by atoms with Crippen LogP contribution in [0.25, 0.3) is 11.0 Å². The monoisotopic (exact) mass is 698 g/mol. The highest BCUT2D eigenvalue weighted by Crippen LogP contribution is 2.37. The van der Waals surface area contributed by atoms with E-state index in [4.69, 9.17) is 42.3 Å². The van der Waals surface area contributed by atoms with Crippen molar-refractivity contribution in [2.45, 2.75) is 97.6 Å². The largest absolute Gasteiger partial charge is 0.484 e. The van der Waals surface area contributed by atoms with E-state index in [-0.39, 0.29) is 29.4 Å². The summed E-state index contributed by atoms with van der Waals surface area (Å²) in [5.41, 5.74) is 0.187. The quantitative estimate of drug-likeness (QED) is 0.0865. The third-order valence-electron chi connectivity index (χ3n) is 7.46. The van der Waals surface area contributed by atoms with Gasteiger partial charge >= 0.3 is 29.5 Å². The van der Waals surface area contributed by atoms with Crippen LogP contribution in [0.3, 0.4) is 0 Å². The number of benzene rings is 2. The van der Waals surface area contributed by atoms with E-state index in [2.05, 4.69) is 6.92 Å². The number of fused-ring (bicyclic) bond motifs is 1. The fraction of sp³-hybridized carbons (Fsp3) is 0.472. The first-order chi connectivity index (χ1) is 24.0. The third kappa shape index (κ3) is 10.4. The van der Waals surface area contributed by atoms with Crippen LogP contribution in [0.2, 0.25) is 0 Å². The van der Waals surface area contributed by atoms with Crippen molar-refractivity contribution < 1.29 is 61.5 Å². The summed E-state index contributed by atoms with van der Waals surface area (Å²) in [6, 6.07) is 14.0. The summed E-state index contributed by atoms with van der Waals surface area (Å²) in [5.74, 6) is -2.76. The lowest BCUT2D eigenvalue weighted by Crippen LogP contribution is -2.63. The zero-order valence-corrected chi connectivity index (χ0v) is 28.7. The molecule has 2 aromatic carbocycles. The van der Waals surface area contributed by atoms with Crippen LogP contribution in [-0.4, -0.2) is 67.8 Å². The smallest absolute Gasteiger partial charge is 0.383 e. The maximum Gasteiger partial charge on any atom is 0.383 e. The minimum absolute atomic E-state index is 0.0572. The lowest BCUT2D eigenvalue weighted by atomic mass is 9.98. The number of rotatable bonds is 16. The summed E-state index contributed by atoms with van der Waals surface area (Å²) < 4.78 is 51.3. The van der Waals surface area contributed by atoms with E-state index in [9.17, 15) is 24.0 Å². The van der Waals surface area contributed by atoms with Gasteiger partial charge in [0.25, 0.3) is 0 Å². The van der Waals surface area contributed by atoms with Gasteiger partial charge in [0.15, 0.2) is 18.0 Å². The van der Waals surface area contributed by atoms with Crippen molar-refractivity contribution in [2.75, 3.05) is 13.2 Å². The second kappa shape index (κ2) is 18.0. The van der Waals surface area contributed by atoms with E-state index in [1.165, 1.54) is 19.1 Å². The molecule has 0 bridgehead atoms. The fourth-order valence-corrected chi connectivity index (χ4v) is 5.33. The van der Waals surface area contributed by atoms with Gasteiger partial charge in [0.2, 0.25) is 18.1 Å². The number of ether oxygens (including phenoxy) is 8. The molecule has 1 fully saturated rings. The van der Waals surface area contributed by atoms with Gasteiger partial charge in [-0.3, -0.25) is 19.2 Å². The van der Waals surface area contributed by atoms with Gasteiger partial charge < -0.3 is 42.3 Å². The Hall–Kier alpha value is -5.11.